The van der Waals surface area contributed by atoms with Crippen molar-refractivity contribution in [3.05, 3.63) is 107 Å². The van der Waals surface area contributed by atoms with Gasteiger partial charge in [0, 0.05) is 24.9 Å². The van der Waals surface area contributed by atoms with Crippen LogP contribution in [0.25, 0.3) is 0 Å². The van der Waals surface area contributed by atoms with Gasteiger partial charge in [-0.15, -0.1) is 0 Å². The second kappa shape index (κ2) is 12.2. The summed E-state index contributed by atoms with van der Waals surface area (Å²) in [5, 5.41) is 3.05. The van der Waals surface area contributed by atoms with Gasteiger partial charge in [0.1, 0.15) is 6.04 Å². The highest BCUT2D eigenvalue weighted by molar-refractivity contribution is 5.88. The van der Waals surface area contributed by atoms with Gasteiger partial charge in [-0.2, -0.15) is 0 Å². The number of carbonyl (C=O) groups is 2. The SMILES string of the molecule is CC[C@@H](C)NC(=O)[C@H](C)N(Cc1cccc(C)c1)C(=O)CC(c1ccccc1)c1ccccc1. The van der Waals surface area contributed by atoms with Gasteiger partial charge in [-0.1, -0.05) is 97.4 Å². The van der Waals surface area contributed by atoms with E-state index in [-0.39, 0.29) is 23.8 Å². The summed E-state index contributed by atoms with van der Waals surface area (Å²) in [4.78, 5) is 28.6. The van der Waals surface area contributed by atoms with Crippen LogP contribution in [0.15, 0.2) is 84.9 Å². The number of nitrogens with zero attached hydrogens (tertiary/aromatic N) is 1. The lowest BCUT2D eigenvalue weighted by molar-refractivity contribution is -0.141. The first-order valence-corrected chi connectivity index (χ1v) is 12.1. The molecule has 3 aromatic carbocycles. The third-order valence-corrected chi connectivity index (χ3v) is 6.39. The summed E-state index contributed by atoms with van der Waals surface area (Å²) in [7, 11) is 0. The maximum Gasteiger partial charge on any atom is 0.242 e. The third kappa shape index (κ3) is 6.80. The first-order chi connectivity index (χ1) is 16.4. The maximum atomic E-state index is 13.8. The summed E-state index contributed by atoms with van der Waals surface area (Å²) >= 11 is 0. The Hall–Kier alpha value is -3.40. The highest BCUT2D eigenvalue weighted by Gasteiger charge is 2.29. The van der Waals surface area contributed by atoms with Gasteiger partial charge in [0.15, 0.2) is 0 Å². The lowest BCUT2D eigenvalue weighted by Crippen LogP contribution is -2.49. The van der Waals surface area contributed by atoms with Crippen molar-refractivity contribution < 1.29 is 9.59 Å². The van der Waals surface area contributed by atoms with E-state index in [1.54, 1.807) is 4.90 Å². The monoisotopic (exact) mass is 456 g/mol. The molecule has 1 N–H and O–H groups in total. The molecule has 0 aliphatic heterocycles. The van der Waals surface area contributed by atoms with Crippen LogP contribution in [-0.2, 0) is 16.1 Å². The van der Waals surface area contributed by atoms with Gasteiger partial charge in [-0.3, -0.25) is 9.59 Å². The Kier molecular flexibility index (Phi) is 9.03. The van der Waals surface area contributed by atoms with Crippen LogP contribution in [-0.4, -0.2) is 28.8 Å². The molecule has 0 heterocycles. The lowest BCUT2D eigenvalue weighted by Gasteiger charge is -2.31. The zero-order valence-electron chi connectivity index (χ0n) is 20.7. The van der Waals surface area contributed by atoms with Gasteiger partial charge in [-0.25, -0.2) is 0 Å². The van der Waals surface area contributed by atoms with Crippen molar-refractivity contribution in [1.82, 2.24) is 10.2 Å². The van der Waals surface area contributed by atoms with Crippen LogP contribution >= 0.6 is 0 Å². The van der Waals surface area contributed by atoms with E-state index in [0.717, 1.165) is 28.7 Å². The highest BCUT2D eigenvalue weighted by atomic mass is 16.2. The van der Waals surface area contributed by atoms with E-state index in [0.29, 0.717) is 13.0 Å². The molecule has 0 saturated carbocycles. The number of benzene rings is 3. The molecule has 0 saturated heterocycles. The van der Waals surface area contributed by atoms with E-state index in [1.165, 1.54) is 0 Å². The molecule has 4 nitrogen and oxygen atoms in total. The first kappa shape index (κ1) is 25.2. The quantitative estimate of drug-likeness (QED) is 0.416. The van der Waals surface area contributed by atoms with E-state index in [9.17, 15) is 9.59 Å². The summed E-state index contributed by atoms with van der Waals surface area (Å²) < 4.78 is 0. The molecule has 178 valence electrons. The molecule has 3 rings (SSSR count). The summed E-state index contributed by atoms with van der Waals surface area (Å²) in [6.07, 6.45) is 1.13. The number of rotatable bonds is 10. The van der Waals surface area contributed by atoms with E-state index in [1.807, 2.05) is 82.3 Å². The minimum atomic E-state index is -0.575. The van der Waals surface area contributed by atoms with Crippen LogP contribution in [0.3, 0.4) is 0 Å². The van der Waals surface area contributed by atoms with Crippen LogP contribution in [0.4, 0.5) is 0 Å². The van der Waals surface area contributed by atoms with Crippen LogP contribution < -0.4 is 5.32 Å². The Labute approximate surface area is 204 Å². The molecule has 0 aliphatic carbocycles. The predicted octanol–water partition coefficient (Wildman–Crippen LogP) is 5.85. The smallest absolute Gasteiger partial charge is 0.242 e. The van der Waals surface area contributed by atoms with Crippen molar-refractivity contribution >= 4 is 11.8 Å². The topological polar surface area (TPSA) is 49.4 Å². The zero-order valence-corrected chi connectivity index (χ0v) is 20.7. The normalized spacial score (nSPS) is 12.7. The standard InChI is InChI=1S/C30H36N2O2/c1-5-23(3)31-30(34)24(4)32(21-25-14-12-13-22(2)19-25)29(33)20-28(26-15-8-6-9-16-26)27-17-10-7-11-18-27/h6-19,23-24,28H,5,20-21H2,1-4H3,(H,31,34)/t23-,24+/m1/s1. The van der Waals surface area contributed by atoms with Gasteiger partial charge in [-0.05, 0) is 43.9 Å². The van der Waals surface area contributed by atoms with E-state index in [2.05, 4.69) is 35.6 Å². The Bertz CT molecular complexity index is 1030. The highest BCUT2D eigenvalue weighted by Crippen LogP contribution is 2.29. The fraction of sp³-hybridized carbons (Fsp3) is 0.333. The number of nitrogens with one attached hydrogen (secondary N) is 1. The van der Waals surface area contributed by atoms with Crippen molar-refractivity contribution in [3.63, 3.8) is 0 Å². The fourth-order valence-corrected chi connectivity index (χ4v) is 4.15. The minimum Gasteiger partial charge on any atom is -0.352 e. The van der Waals surface area contributed by atoms with E-state index >= 15 is 0 Å². The van der Waals surface area contributed by atoms with Crippen molar-refractivity contribution in [3.8, 4) is 0 Å². The van der Waals surface area contributed by atoms with Gasteiger partial charge in [0.25, 0.3) is 0 Å². The lowest BCUT2D eigenvalue weighted by atomic mass is 9.88. The van der Waals surface area contributed by atoms with E-state index < -0.39 is 6.04 Å². The minimum absolute atomic E-state index is 0.0361. The number of aryl methyl sites for hydroxylation is 1. The zero-order chi connectivity index (χ0) is 24.5. The molecular formula is C30H36N2O2. The molecule has 0 unspecified atom stereocenters. The van der Waals surface area contributed by atoms with Crippen LogP contribution in [0, 0.1) is 6.92 Å². The summed E-state index contributed by atoms with van der Waals surface area (Å²) in [5.41, 5.74) is 4.34. The Balaban J connectivity index is 1.91. The summed E-state index contributed by atoms with van der Waals surface area (Å²) in [6.45, 7) is 8.28. The molecule has 3 aromatic rings. The predicted molar refractivity (Wildman–Crippen MR) is 138 cm³/mol. The molecule has 0 aromatic heterocycles. The number of carbonyl (C=O) groups excluding carboxylic acids is 2. The summed E-state index contributed by atoms with van der Waals surface area (Å²) in [6, 6.07) is 27.8. The molecule has 4 heteroatoms. The van der Waals surface area contributed by atoms with Gasteiger partial charge in [0.2, 0.25) is 11.8 Å². The molecule has 0 aliphatic rings. The third-order valence-electron chi connectivity index (χ3n) is 6.39. The van der Waals surface area contributed by atoms with Gasteiger partial charge < -0.3 is 10.2 Å². The van der Waals surface area contributed by atoms with Crippen molar-refractivity contribution in [2.75, 3.05) is 0 Å². The Morgan fingerprint density at radius 2 is 1.44 bits per heavy atom. The second-order valence-electron chi connectivity index (χ2n) is 9.08. The number of hydrogen-bond donors (Lipinski definition) is 1. The molecular weight excluding hydrogens is 420 g/mol. The number of amides is 2. The molecule has 0 bridgehead atoms. The van der Waals surface area contributed by atoms with Crippen molar-refractivity contribution in [2.45, 2.75) is 65.1 Å². The molecule has 2 atom stereocenters. The Morgan fingerprint density at radius 3 is 1.97 bits per heavy atom. The van der Waals surface area contributed by atoms with Crippen LogP contribution in [0.2, 0.25) is 0 Å². The van der Waals surface area contributed by atoms with Gasteiger partial charge in [0.05, 0.1) is 0 Å². The van der Waals surface area contributed by atoms with Crippen LogP contribution in [0.5, 0.6) is 0 Å². The van der Waals surface area contributed by atoms with E-state index in [4.69, 9.17) is 0 Å². The first-order valence-electron chi connectivity index (χ1n) is 12.1. The van der Waals surface area contributed by atoms with Crippen molar-refractivity contribution in [1.29, 1.82) is 0 Å². The molecule has 2 amide bonds. The summed E-state index contributed by atoms with van der Waals surface area (Å²) in [5.74, 6) is -0.239. The fourth-order valence-electron chi connectivity index (χ4n) is 4.15. The average molecular weight is 457 g/mol. The molecule has 0 radical (unpaired) electrons. The molecule has 0 fully saturated rings. The van der Waals surface area contributed by atoms with Crippen LogP contribution in [0.1, 0.15) is 61.8 Å². The maximum absolute atomic E-state index is 13.8. The number of hydrogen-bond acceptors (Lipinski definition) is 2. The molecule has 0 spiro atoms. The largest absolute Gasteiger partial charge is 0.352 e. The molecule has 34 heavy (non-hydrogen) atoms. The Morgan fingerprint density at radius 1 is 0.853 bits per heavy atom. The van der Waals surface area contributed by atoms with Gasteiger partial charge >= 0.3 is 0 Å². The average Bonchev–Trinajstić information content (AvgIpc) is 2.86. The van der Waals surface area contributed by atoms with Crippen molar-refractivity contribution in [2.24, 2.45) is 0 Å². The second-order valence-corrected chi connectivity index (χ2v) is 9.08.